The van der Waals surface area contributed by atoms with Gasteiger partial charge in [-0.2, -0.15) is 0 Å². The van der Waals surface area contributed by atoms with Gasteiger partial charge in [0.2, 0.25) is 5.91 Å². The SMILES string of the molecule is Cc1ccc(CCNC(=O)CN2C(=O)COc3ccc(C(C)(C)C)cc32)cc1. The van der Waals surface area contributed by atoms with Crippen molar-refractivity contribution in [3.05, 3.63) is 59.2 Å². The van der Waals surface area contributed by atoms with Gasteiger partial charge in [0.05, 0.1) is 5.69 Å². The third-order valence-electron chi connectivity index (χ3n) is 4.93. The molecule has 2 amide bonds. The second kappa shape index (κ2) is 8.05. The fourth-order valence-electron chi connectivity index (χ4n) is 3.14. The highest BCUT2D eigenvalue weighted by atomic mass is 16.5. The molecule has 0 aromatic heterocycles. The lowest BCUT2D eigenvalue weighted by molar-refractivity contribution is -0.125. The Morgan fingerprint density at radius 2 is 1.86 bits per heavy atom. The van der Waals surface area contributed by atoms with Crippen molar-refractivity contribution < 1.29 is 14.3 Å². The van der Waals surface area contributed by atoms with Crippen LogP contribution < -0.4 is 15.0 Å². The molecule has 0 fully saturated rings. The van der Waals surface area contributed by atoms with Gasteiger partial charge in [-0.15, -0.1) is 0 Å². The summed E-state index contributed by atoms with van der Waals surface area (Å²) in [5.41, 5.74) is 4.09. The number of benzene rings is 2. The Kier molecular flexibility index (Phi) is 5.73. The van der Waals surface area contributed by atoms with Gasteiger partial charge in [0.1, 0.15) is 12.3 Å². The number of hydrogen-bond acceptors (Lipinski definition) is 3. The van der Waals surface area contributed by atoms with E-state index in [0.717, 1.165) is 12.0 Å². The van der Waals surface area contributed by atoms with E-state index >= 15 is 0 Å². The van der Waals surface area contributed by atoms with E-state index in [2.05, 4.69) is 50.4 Å². The molecule has 0 aliphatic carbocycles. The van der Waals surface area contributed by atoms with Gasteiger partial charge >= 0.3 is 0 Å². The van der Waals surface area contributed by atoms with Crippen LogP contribution in [0.25, 0.3) is 0 Å². The van der Waals surface area contributed by atoms with E-state index in [1.807, 2.05) is 25.1 Å². The summed E-state index contributed by atoms with van der Waals surface area (Å²) in [7, 11) is 0. The Morgan fingerprint density at radius 1 is 1.14 bits per heavy atom. The van der Waals surface area contributed by atoms with Crippen molar-refractivity contribution >= 4 is 17.5 Å². The van der Waals surface area contributed by atoms with Gasteiger partial charge in [0, 0.05) is 6.54 Å². The van der Waals surface area contributed by atoms with Crippen molar-refractivity contribution in [2.75, 3.05) is 24.6 Å². The molecule has 1 N–H and O–H groups in total. The Hall–Kier alpha value is -2.82. The largest absolute Gasteiger partial charge is 0.482 e. The minimum absolute atomic E-state index is 0.00329. The lowest BCUT2D eigenvalue weighted by atomic mass is 9.86. The summed E-state index contributed by atoms with van der Waals surface area (Å²) >= 11 is 0. The van der Waals surface area contributed by atoms with Crippen molar-refractivity contribution in [1.29, 1.82) is 0 Å². The quantitative estimate of drug-likeness (QED) is 0.865. The van der Waals surface area contributed by atoms with Crippen molar-refractivity contribution in [2.45, 2.75) is 39.5 Å². The van der Waals surface area contributed by atoms with Gasteiger partial charge < -0.3 is 10.1 Å². The highest BCUT2D eigenvalue weighted by molar-refractivity contribution is 6.02. The number of rotatable bonds is 5. The van der Waals surface area contributed by atoms with Crippen molar-refractivity contribution in [3.63, 3.8) is 0 Å². The van der Waals surface area contributed by atoms with Crippen LogP contribution in [0, 0.1) is 6.92 Å². The van der Waals surface area contributed by atoms with Crippen LogP contribution in [0.15, 0.2) is 42.5 Å². The smallest absolute Gasteiger partial charge is 0.265 e. The summed E-state index contributed by atoms with van der Waals surface area (Å²) in [6, 6.07) is 14.1. The zero-order valence-corrected chi connectivity index (χ0v) is 17.0. The normalized spacial score (nSPS) is 13.7. The van der Waals surface area contributed by atoms with Crippen LogP contribution in [-0.4, -0.2) is 31.5 Å². The minimum Gasteiger partial charge on any atom is -0.482 e. The Bertz CT molecular complexity index is 866. The molecular formula is C23H28N2O3. The van der Waals surface area contributed by atoms with Crippen LogP contribution in [0.4, 0.5) is 5.69 Å². The standard InChI is InChI=1S/C23H28N2O3/c1-16-5-7-17(8-6-16)11-12-24-21(26)14-25-19-13-18(23(2,3)4)9-10-20(19)28-15-22(25)27/h5-10,13H,11-12,14-15H2,1-4H3,(H,24,26). The van der Waals surface area contributed by atoms with Gasteiger partial charge in [-0.3, -0.25) is 14.5 Å². The topological polar surface area (TPSA) is 58.6 Å². The van der Waals surface area contributed by atoms with E-state index in [4.69, 9.17) is 4.74 Å². The molecule has 1 aliphatic heterocycles. The molecule has 0 radical (unpaired) electrons. The maximum absolute atomic E-state index is 12.4. The van der Waals surface area contributed by atoms with Crippen LogP contribution in [-0.2, 0) is 21.4 Å². The summed E-state index contributed by atoms with van der Waals surface area (Å²) in [4.78, 5) is 26.4. The highest BCUT2D eigenvalue weighted by Gasteiger charge is 2.28. The first-order chi connectivity index (χ1) is 13.2. The third kappa shape index (κ3) is 4.71. The number of aryl methyl sites for hydroxylation is 1. The molecule has 148 valence electrons. The lowest BCUT2D eigenvalue weighted by Gasteiger charge is -2.31. The number of fused-ring (bicyclic) bond motifs is 1. The van der Waals surface area contributed by atoms with Crippen LogP contribution in [0.5, 0.6) is 5.75 Å². The van der Waals surface area contributed by atoms with Gasteiger partial charge in [-0.05, 0) is 42.0 Å². The van der Waals surface area contributed by atoms with E-state index in [1.165, 1.54) is 16.0 Å². The van der Waals surface area contributed by atoms with E-state index < -0.39 is 0 Å². The summed E-state index contributed by atoms with van der Waals surface area (Å²) in [6.45, 7) is 8.88. The monoisotopic (exact) mass is 380 g/mol. The number of amides is 2. The second-order valence-corrected chi connectivity index (χ2v) is 8.29. The molecule has 1 heterocycles. The summed E-state index contributed by atoms with van der Waals surface area (Å²) < 4.78 is 5.54. The average molecular weight is 380 g/mol. The minimum atomic E-state index is -0.202. The van der Waals surface area contributed by atoms with E-state index in [0.29, 0.717) is 18.0 Å². The van der Waals surface area contributed by atoms with Crippen LogP contribution in [0.3, 0.4) is 0 Å². The number of ether oxygens (including phenoxy) is 1. The molecule has 5 heteroatoms. The Balaban J connectivity index is 1.65. The number of anilines is 1. The summed E-state index contributed by atoms with van der Waals surface area (Å²) in [5, 5.41) is 2.92. The third-order valence-corrected chi connectivity index (χ3v) is 4.93. The molecule has 0 saturated carbocycles. The number of carbonyl (C=O) groups is 2. The van der Waals surface area contributed by atoms with Gasteiger partial charge in [0.25, 0.3) is 5.91 Å². The summed E-state index contributed by atoms with van der Waals surface area (Å²) in [5.74, 6) is 0.266. The molecular weight excluding hydrogens is 352 g/mol. The van der Waals surface area contributed by atoms with Crippen molar-refractivity contribution in [3.8, 4) is 5.75 Å². The molecule has 0 spiro atoms. The Morgan fingerprint density at radius 3 is 2.54 bits per heavy atom. The first-order valence-electron chi connectivity index (χ1n) is 9.64. The van der Waals surface area contributed by atoms with Crippen molar-refractivity contribution in [1.82, 2.24) is 5.32 Å². The summed E-state index contributed by atoms with van der Waals surface area (Å²) in [6.07, 6.45) is 0.758. The van der Waals surface area contributed by atoms with Crippen LogP contribution in [0.1, 0.15) is 37.5 Å². The second-order valence-electron chi connectivity index (χ2n) is 8.29. The first kappa shape index (κ1) is 19.9. The van der Waals surface area contributed by atoms with Gasteiger partial charge in [0.15, 0.2) is 6.61 Å². The molecule has 3 rings (SSSR count). The van der Waals surface area contributed by atoms with Crippen molar-refractivity contribution in [2.24, 2.45) is 0 Å². The molecule has 0 atom stereocenters. The van der Waals surface area contributed by atoms with Crippen LogP contribution in [0.2, 0.25) is 0 Å². The Labute approximate surface area is 166 Å². The van der Waals surface area contributed by atoms with Gasteiger partial charge in [-0.25, -0.2) is 0 Å². The molecule has 1 aliphatic rings. The zero-order chi connectivity index (χ0) is 20.3. The van der Waals surface area contributed by atoms with E-state index in [-0.39, 0.29) is 30.4 Å². The molecule has 2 aromatic rings. The number of nitrogens with one attached hydrogen (secondary N) is 1. The lowest BCUT2D eigenvalue weighted by Crippen LogP contribution is -2.45. The molecule has 0 saturated heterocycles. The maximum Gasteiger partial charge on any atom is 0.265 e. The van der Waals surface area contributed by atoms with Crippen LogP contribution >= 0.6 is 0 Å². The number of carbonyl (C=O) groups excluding carboxylic acids is 2. The highest BCUT2D eigenvalue weighted by Crippen LogP contribution is 2.36. The predicted molar refractivity (Wildman–Crippen MR) is 111 cm³/mol. The average Bonchev–Trinajstić information content (AvgIpc) is 2.64. The molecule has 2 aromatic carbocycles. The fraction of sp³-hybridized carbons (Fsp3) is 0.391. The number of hydrogen-bond donors (Lipinski definition) is 1. The van der Waals surface area contributed by atoms with E-state index in [9.17, 15) is 9.59 Å². The molecule has 5 nitrogen and oxygen atoms in total. The molecule has 28 heavy (non-hydrogen) atoms. The van der Waals surface area contributed by atoms with E-state index in [1.54, 1.807) is 0 Å². The first-order valence-corrected chi connectivity index (χ1v) is 9.64. The molecule has 0 unspecified atom stereocenters. The predicted octanol–water partition coefficient (Wildman–Crippen LogP) is 3.38. The fourth-order valence-corrected chi connectivity index (χ4v) is 3.14. The van der Waals surface area contributed by atoms with Gasteiger partial charge in [-0.1, -0.05) is 56.7 Å². The number of nitrogens with zero attached hydrogens (tertiary/aromatic N) is 1. The maximum atomic E-state index is 12.4. The zero-order valence-electron chi connectivity index (χ0n) is 17.0. The molecule has 0 bridgehead atoms.